The van der Waals surface area contributed by atoms with Crippen LogP contribution in [0.5, 0.6) is 0 Å². The van der Waals surface area contributed by atoms with Gasteiger partial charge in [0.05, 0.1) is 0 Å². The normalized spacial score (nSPS) is 12.4. The predicted molar refractivity (Wildman–Crippen MR) is 83.0 cm³/mol. The van der Waals surface area contributed by atoms with E-state index in [4.69, 9.17) is 11.6 Å². The summed E-state index contributed by atoms with van der Waals surface area (Å²) >= 11 is 6.07. The Morgan fingerprint density at radius 1 is 1.20 bits per heavy atom. The summed E-state index contributed by atoms with van der Waals surface area (Å²) in [5.41, 5.74) is 3.34. The van der Waals surface area contributed by atoms with E-state index >= 15 is 0 Å². The highest BCUT2D eigenvalue weighted by atomic mass is 35.5. The predicted octanol–water partition coefficient (Wildman–Crippen LogP) is 4.33. The fourth-order valence-electron chi connectivity index (χ4n) is 2.44. The molecule has 0 heterocycles. The number of rotatable bonds is 5. The van der Waals surface area contributed by atoms with Gasteiger partial charge in [-0.1, -0.05) is 29.8 Å². The van der Waals surface area contributed by atoms with Gasteiger partial charge in [-0.05, 0) is 61.3 Å². The lowest BCUT2D eigenvalue weighted by molar-refractivity contribution is 0.606. The van der Waals surface area contributed by atoms with E-state index in [0.29, 0.717) is 0 Å². The number of nitrogens with one attached hydrogen (secondary N) is 1. The maximum atomic E-state index is 13.4. The molecule has 2 aromatic carbocycles. The number of hydrogen-bond donors (Lipinski definition) is 1. The quantitative estimate of drug-likeness (QED) is 0.864. The summed E-state index contributed by atoms with van der Waals surface area (Å²) < 4.78 is 13.4. The average molecular weight is 292 g/mol. The van der Waals surface area contributed by atoms with Crippen molar-refractivity contribution < 1.29 is 4.39 Å². The highest BCUT2D eigenvalue weighted by Crippen LogP contribution is 2.25. The van der Waals surface area contributed by atoms with Gasteiger partial charge in [0, 0.05) is 17.5 Å². The minimum atomic E-state index is -0.181. The van der Waals surface area contributed by atoms with Crippen LogP contribution in [0.1, 0.15) is 22.6 Å². The Morgan fingerprint density at radius 2 is 2.00 bits per heavy atom. The zero-order valence-electron chi connectivity index (χ0n) is 11.8. The molecule has 0 aliphatic rings. The van der Waals surface area contributed by atoms with E-state index in [1.165, 1.54) is 11.6 Å². The highest BCUT2D eigenvalue weighted by Gasteiger charge is 2.14. The summed E-state index contributed by atoms with van der Waals surface area (Å²) in [6, 6.07) is 12.8. The molecule has 0 aliphatic carbocycles. The van der Waals surface area contributed by atoms with Crippen molar-refractivity contribution in [2.45, 2.75) is 19.3 Å². The van der Waals surface area contributed by atoms with E-state index in [1.54, 1.807) is 6.07 Å². The van der Waals surface area contributed by atoms with Gasteiger partial charge in [-0.25, -0.2) is 4.39 Å². The lowest BCUT2D eigenvalue weighted by Crippen LogP contribution is -2.19. The number of likely N-dealkylation sites (N-methyl/N-ethyl adjacent to an activating group) is 1. The van der Waals surface area contributed by atoms with Crippen molar-refractivity contribution in [3.63, 3.8) is 0 Å². The molecular weight excluding hydrogens is 273 g/mol. The van der Waals surface area contributed by atoms with Gasteiger partial charge in [0.15, 0.2) is 0 Å². The second-order valence-electron chi connectivity index (χ2n) is 5.08. The summed E-state index contributed by atoms with van der Waals surface area (Å²) in [6.45, 7) is 2.85. The molecule has 1 N–H and O–H groups in total. The Balaban J connectivity index is 2.27. The molecule has 0 saturated heterocycles. The molecule has 0 amide bonds. The van der Waals surface area contributed by atoms with Crippen LogP contribution in [0.3, 0.4) is 0 Å². The van der Waals surface area contributed by atoms with E-state index in [9.17, 15) is 4.39 Å². The molecule has 0 spiro atoms. The molecule has 106 valence electrons. The number of benzene rings is 2. The number of aryl methyl sites for hydroxylation is 1. The first-order valence-corrected chi connectivity index (χ1v) is 7.13. The van der Waals surface area contributed by atoms with Crippen LogP contribution in [0.4, 0.5) is 4.39 Å². The zero-order valence-corrected chi connectivity index (χ0v) is 12.5. The fraction of sp³-hybridized carbons (Fsp3) is 0.294. The van der Waals surface area contributed by atoms with Crippen LogP contribution in [0.2, 0.25) is 5.02 Å². The first-order valence-electron chi connectivity index (χ1n) is 6.75. The van der Waals surface area contributed by atoms with Gasteiger partial charge in [0.25, 0.3) is 0 Å². The van der Waals surface area contributed by atoms with Gasteiger partial charge >= 0.3 is 0 Å². The van der Waals surface area contributed by atoms with Crippen molar-refractivity contribution in [3.05, 3.63) is 70.0 Å². The third-order valence-electron chi connectivity index (χ3n) is 3.55. The number of halogens is 2. The van der Waals surface area contributed by atoms with E-state index in [0.717, 1.165) is 29.1 Å². The maximum absolute atomic E-state index is 13.4. The molecule has 3 heteroatoms. The molecule has 0 aliphatic heterocycles. The molecule has 0 radical (unpaired) electrons. The lowest BCUT2D eigenvalue weighted by atomic mass is 9.90. The summed E-state index contributed by atoms with van der Waals surface area (Å²) in [6.07, 6.45) is 0.796. The molecule has 0 aromatic heterocycles. The molecule has 2 aromatic rings. The van der Waals surface area contributed by atoms with Gasteiger partial charge in [0.1, 0.15) is 5.82 Å². The fourth-order valence-corrected chi connectivity index (χ4v) is 2.64. The average Bonchev–Trinajstić information content (AvgIpc) is 2.42. The zero-order chi connectivity index (χ0) is 14.5. The van der Waals surface area contributed by atoms with Crippen molar-refractivity contribution in [3.8, 4) is 0 Å². The van der Waals surface area contributed by atoms with Gasteiger partial charge in [-0.15, -0.1) is 0 Å². The van der Waals surface area contributed by atoms with Crippen molar-refractivity contribution in [1.82, 2.24) is 5.32 Å². The second-order valence-corrected chi connectivity index (χ2v) is 5.52. The Hall–Kier alpha value is -1.38. The van der Waals surface area contributed by atoms with Crippen LogP contribution in [0.15, 0.2) is 42.5 Å². The molecule has 1 unspecified atom stereocenters. The summed E-state index contributed by atoms with van der Waals surface area (Å²) in [5.74, 6) is 0.0964. The lowest BCUT2D eigenvalue weighted by Gasteiger charge is -2.19. The molecule has 20 heavy (non-hydrogen) atoms. The van der Waals surface area contributed by atoms with E-state index in [-0.39, 0.29) is 11.7 Å². The Bertz CT molecular complexity index is 583. The topological polar surface area (TPSA) is 12.0 Å². The standard InChI is InChI=1S/C17H19ClFN/c1-12-6-7-17(19)10-14(12)8-15(11-20-2)13-4-3-5-16(18)9-13/h3-7,9-10,15,20H,8,11H2,1-2H3. The van der Waals surface area contributed by atoms with Crippen LogP contribution in [-0.2, 0) is 6.42 Å². The monoisotopic (exact) mass is 291 g/mol. The second kappa shape index (κ2) is 6.87. The Labute approximate surface area is 124 Å². The summed E-state index contributed by atoms with van der Waals surface area (Å²) in [7, 11) is 1.93. The van der Waals surface area contributed by atoms with Gasteiger partial charge in [0.2, 0.25) is 0 Å². The van der Waals surface area contributed by atoms with Crippen molar-refractivity contribution >= 4 is 11.6 Å². The molecule has 2 rings (SSSR count). The van der Waals surface area contributed by atoms with E-state index < -0.39 is 0 Å². The molecule has 1 atom stereocenters. The van der Waals surface area contributed by atoms with Crippen molar-refractivity contribution in [2.24, 2.45) is 0 Å². The van der Waals surface area contributed by atoms with E-state index in [1.807, 2.05) is 38.2 Å². The van der Waals surface area contributed by atoms with Crippen LogP contribution >= 0.6 is 11.6 Å². The van der Waals surface area contributed by atoms with Crippen LogP contribution in [-0.4, -0.2) is 13.6 Å². The molecular formula is C17H19ClFN. The third-order valence-corrected chi connectivity index (χ3v) is 3.78. The SMILES string of the molecule is CNCC(Cc1cc(F)ccc1C)c1cccc(Cl)c1. The smallest absolute Gasteiger partial charge is 0.123 e. The van der Waals surface area contributed by atoms with Crippen LogP contribution in [0.25, 0.3) is 0 Å². The third kappa shape index (κ3) is 3.81. The molecule has 0 bridgehead atoms. The number of hydrogen-bond acceptors (Lipinski definition) is 1. The maximum Gasteiger partial charge on any atom is 0.123 e. The van der Waals surface area contributed by atoms with Crippen LogP contribution < -0.4 is 5.32 Å². The minimum Gasteiger partial charge on any atom is -0.319 e. The van der Waals surface area contributed by atoms with Crippen molar-refractivity contribution in [1.29, 1.82) is 0 Å². The molecule has 0 saturated carbocycles. The van der Waals surface area contributed by atoms with E-state index in [2.05, 4.69) is 11.4 Å². The summed E-state index contributed by atoms with van der Waals surface area (Å²) in [5, 5.41) is 3.94. The van der Waals surface area contributed by atoms with Crippen LogP contribution in [0, 0.1) is 12.7 Å². The molecule has 0 fully saturated rings. The Morgan fingerprint density at radius 3 is 2.70 bits per heavy atom. The van der Waals surface area contributed by atoms with Gasteiger partial charge < -0.3 is 5.32 Å². The Kier molecular flexibility index (Phi) is 5.16. The molecule has 1 nitrogen and oxygen atoms in total. The van der Waals surface area contributed by atoms with Gasteiger partial charge in [-0.2, -0.15) is 0 Å². The highest BCUT2D eigenvalue weighted by molar-refractivity contribution is 6.30. The van der Waals surface area contributed by atoms with Crippen molar-refractivity contribution in [2.75, 3.05) is 13.6 Å². The largest absolute Gasteiger partial charge is 0.319 e. The minimum absolute atomic E-state index is 0.181. The van der Waals surface area contributed by atoms with Gasteiger partial charge in [-0.3, -0.25) is 0 Å². The summed E-state index contributed by atoms with van der Waals surface area (Å²) in [4.78, 5) is 0. The first kappa shape index (κ1) is 15.0. The first-order chi connectivity index (χ1) is 9.60.